The molecule has 2 atom stereocenters. The Labute approximate surface area is 61.2 Å². The van der Waals surface area contributed by atoms with E-state index < -0.39 is 6.29 Å². The zero-order valence-electron chi connectivity index (χ0n) is 6.34. The van der Waals surface area contributed by atoms with Crippen LogP contribution in [0.3, 0.4) is 0 Å². The van der Waals surface area contributed by atoms with E-state index in [-0.39, 0.29) is 6.10 Å². The van der Waals surface area contributed by atoms with Gasteiger partial charge in [-0.25, -0.2) is 0 Å². The lowest BCUT2D eigenvalue weighted by molar-refractivity contribution is -0.176. The largest absolute Gasteiger partial charge is 0.368 e. The van der Waals surface area contributed by atoms with Crippen molar-refractivity contribution >= 4 is 0 Å². The van der Waals surface area contributed by atoms with Crippen molar-refractivity contribution in [1.82, 2.24) is 0 Å². The van der Waals surface area contributed by atoms with E-state index in [9.17, 15) is 5.11 Å². The van der Waals surface area contributed by atoms with Crippen LogP contribution in [-0.2, 0) is 4.74 Å². The first-order valence-electron chi connectivity index (χ1n) is 4.04. The van der Waals surface area contributed by atoms with Crippen molar-refractivity contribution in [2.24, 2.45) is 5.41 Å². The van der Waals surface area contributed by atoms with Gasteiger partial charge in [-0.05, 0) is 31.6 Å². The molecule has 1 heterocycles. The quantitative estimate of drug-likeness (QED) is 0.552. The predicted molar refractivity (Wildman–Crippen MR) is 37.5 cm³/mol. The second-order valence-electron chi connectivity index (χ2n) is 3.81. The van der Waals surface area contributed by atoms with E-state index in [1.165, 1.54) is 12.8 Å². The Morgan fingerprint density at radius 3 is 2.60 bits per heavy atom. The predicted octanol–water partition coefficient (Wildman–Crippen LogP) is 1.28. The smallest absolute Gasteiger partial charge is 0.155 e. The highest BCUT2D eigenvalue weighted by Crippen LogP contribution is 2.55. The lowest BCUT2D eigenvalue weighted by Gasteiger charge is -2.30. The zero-order chi connectivity index (χ0) is 7.19. The monoisotopic (exact) mass is 142 g/mol. The van der Waals surface area contributed by atoms with Crippen molar-refractivity contribution in [2.45, 2.75) is 45.0 Å². The van der Waals surface area contributed by atoms with E-state index in [0.717, 1.165) is 12.8 Å². The van der Waals surface area contributed by atoms with Crippen molar-refractivity contribution in [3.8, 4) is 0 Å². The minimum atomic E-state index is -0.480. The fourth-order valence-corrected chi connectivity index (χ4v) is 2.01. The Hall–Kier alpha value is -0.0800. The first kappa shape index (κ1) is 6.62. The number of hydrogen-bond donors (Lipinski definition) is 1. The van der Waals surface area contributed by atoms with Crippen molar-refractivity contribution in [3.63, 3.8) is 0 Å². The highest BCUT2D eigenvalue weighted by atomic mass is 16.6. The highest BCUT2D eigenvalue weighted by Gasteiger charge is 2.48. The van der Waals surface area contributed by atoms with Crippen molar-refractivity contribution < 1.29 is 9.84 Å². The van der Waals surface area contributed by atoms with Gasteiger partial charge >= 0.3 is 0 Å². The van der Waals surface area contributed by atoms with Crippen LogP contribution in [0.25, 0.3) is 0 Å². The average Bonchev–Trinajstić information content (AvgIpc) is 2.44. The van der Waals surface area contributed by atoms with E-state index in [1.54, 1.807) is 0 Å². The van der Waals surface area contributed by atoms with Gasteiger partial charge in [-0.15, -0.1) is 0 Å². The third kappa shape index (κ3) is 1.06. The van der Waals surface area contributed by atoms with Crippen LogP contribution in [-0.4, -0.2) is 17.5 Å². The van der Waals surface area contributed by atoms with Gasteiger partial charge in [-0.2, -0.15) is 0 Å². The minimum Gasteiger partial charge on any atom is -0.368 e. The van der Waals surface area contributed by atoms with E-state index in [2.05, 4.69) is 0 Å². The summed E-state index contributed by atoms with van der Waals surface area (Å²) in [4.78, 5) is 0. The maximum atomic E-state index is 9.23. The second kappa shape index (κ2) is 1.95. The molecule has 2 fully saturated rings. The molecule has 0 aromatic carbocycles. The van der Waals surface area contributed by atoms with Gasteiger partial charge in [0, 0.05) is 6.42 Å². The summed E-state index contributed by atoms with van der Waals surface area (Å²) in [5.74, 6) is 0. The Morgan fingerprint density at radius 2 is 2.10 bits per heavy atom. The van der Waals surface area contributed by atoms with Gasteiger partial charge in [0.1, 0.15) is 0 Å². The summed E-state index contributed by atoms with van der Waals surface area (Å²) in [6.45, 7) is 2.04. The highest BCUT2D eigenvalue weighted by molar-refractivity contribution is 4.96. The van der Waals surface area contributed by atoms with Gasteiger partial charge in [0.15, 0.2) is 6.29 Å². The van der Waals surface area contributed by atoms with Crippen LogP contribution in [0.1, 0.15) is 32.6 Å². The van der Waals surface area contributed by atoms with E-state index >= 15 is 0 Å². The number of rotatable bonds is 0. The first-order chi connectivity index (χ1) is 4.70. The summed E-state index contributed by atoms with van der Waals surface area (Å²) in [5, 5.41) is 9.23. The van der Waals surface area contributed by atoms with Crippen molar-refractivity contribution in [1.29, 1.82) is 0 Å². The van der Waals surface area contributed by atoms with E-state index in [1.807, 2.05) is 6.92 Å². The Kier molecular flexibility index (Phi) is 1.29. The number of aliphatic hydroxyl groups is 1. The summed E-state index contributed by atoms with van der Waals surface area (Å²) >= 11 is 0. The molecule has 2 nitrogen and oxygen atoms in total. The van der Waals surface area contributed by atoms with Gasteiger partial charge in [0.2, 0.25) is 0 Å². The van der Waals surface area contributed by atoms with E-state index in [4.69, 9.17) is 4.74 Å². The van der Waals surface area contributed by atoms with Crippen LogP contribution in [0, 0.1) is 5.41 Å². The maximum absolute atomic E-state index is 9.23. The SMILES string of the molecule is C[C@@H]1CC2(CC2)C[C@H](O)O1. The van der Waals surface area contributed by atoms with Gasteiger partial charge in [0.25, 0.3) is 0 Å². The molecular weight excluding hydrogens is 128 g/mol. The van der Waals surface area contributed by atoms with Crippen LogP contribution in [0.15, 0.2) is 0 Å². The molecular formula is C8H14O2. The van der Waals surface area contributed by atoms with Gasteiger partial charge < -0.3 is 9.84 Å². The molecule has 0 radical (unpaired) electrons. The van der Waals surface area contributed by atoms with Crippen LogP contribution in [0.2, 0.25) is 0 Å². The standard InChI is InChI=1S/C8H14O2/c1-6-4-8(2-3-8)5-7(9)10-6/h6-7,9H,2-5H2,1H3/t6-,7-/m1/s1. The lowest BCUT2D eigenvalue weighted by Crippen LogP contribution is -2.31. The van der Waals surface area contributed by atoms with Gasteiger partial charge in [-0.1, -0.05) is 0 Å². The average molecular weight is 142 g/mol. The minimum absolute atomic E-state index is 0.270. The molecule has 2 rings (SSSR count). The zero-order valence-corrected chi connectivity index (χ0v) is 6.34. The molecule has 1 N–H and O–H groups in total. The topological polar surface area (TPSA) is 29.5 Å². The molecule has 0 aromatic heterocycles. The van der Waals surface area contributed by atoms with E-state index in [0.29, 0.717) is 5.41 Å². The molecule has 0 aromatic rings. The second-order valence-corrected chi connectivity index (χ2v) is 3.81. The summed E-state index contributed by atoms with van der Waals surface area (Å²) in [5.41, 5.74) is 0.497. The summed E-state index contributed by atoms with van der Waals surface area (Å²) < 4.78 is 5.22. The van der Waals surface area contributed by atoms with Gasteiger partial charge in [-0.3, -0.25) is 0 Å². The Bertz CT molecular complexity index is 128. The summed E-state index contributed by atoms with van der Waals surface area (Å²) in [7, 11) is 0. The third-order valence-electron chi connectivity index (χ3n) is 2.67. The normalized spacial score (nSPS) is 43.8. The molecule has 10 heavy (non-hydrogen) atoms. The van der Waals surface area contributed by atoms with Crippen molar-refractivity contribution in [3.05, 3.63) is 0 Å². The molecule has 1 aliphatic heterocycles. The number of ether oxygens (including phenoxy) is 1. The molecule has 0 bridgehead atoms. The van der Waals surface area contributed by atoms with Crippen LogP contribution >= 0.6 is 0 Å². The first-order valence-corrected chi connectivity index (χ1v) is 4.04. The van der Waals surface area contributed by atoms with Crippen molar-refractivity contribution in [2.75, 3.05) is 0 Å². The third-order valence-corrected chi connectivity index (χ3v) is 2.67. The van der Waals surface area contributed by atoms with Crippen LogP contribution < -0.4 is 0 Å². The van der Waals surface area contributed by atoms with Gasteiger partial charge in [0.05, 0.1) is 6.10 Å². The number of aliphatic hydroxyl groups excluding tert-OH is 1. The molecule has 2 aliphatic rings. The molecule has 1 spiro atoms. The molecule has 2 heteroatoms. The molecule has 58 valence electrons. The Morgan fingerprint density at radius 1 is 1.40 bits per heavy atom. The van der Waals surface area contributed by atoms with Crippen LogP contribution in [0.5, 0.6) is 0 Å². The number of hydrogen-bond acceptors (Lipinski definition) is 2. The maximum Gasteiger partial charge on any atom is 0.155 e. The molecule has 1 aliphatic carbocycles. The van der Waals surface area contributed by atoms with Crippen LogP contribution in [0.4, 0.5) is 0 Å². The molecule has 0 unspecified atom stereocenters. The lowest BCUT2D eigenvalue weighted by atomic mass is 9.92. The molecule has 1 saturated carbocycles. The molecule has 1 saturated heterocycles. The summed E-state index contributed by atoms with van der Waals surface area (Å²) in [6, 6.07) is 0. The fourth-order valence-electron chi connectivity index (χ4n) is 2.01. The molecule has 0 amide bonds. The fraction of sp³-hybridized carbons (Fsp3) is 1.00. The Balaban J connectivity index is 2.00. The summed E-state index contributed by atoms with van der Waals surface area (Å²) in [6.07, 6.45) is 4.43.